The fourth-order valence-electron chi connectivity index (χ4n) is 4.70. The van der Waals surface area contributed by atoms with E-state index in [1.54, 1.807) is 7.11 Å². The maximum absolute atomic E-state index is 12.8. The van der Waals surface area contributed by atoms with Gasteiger partial charge in [0, 0.05) is 44.0 Å². The van der Waals surface area contributed by atoms with Crippen molar-refractivity contribution in [2.45, 2.75) is 26.4 Å². The molecule has 2 aromatic heterocycles. The first kappa shape index (κ1) is 19.7. The number of nitrogens with zero attached hydrogens (tertiary/aromatic N) is 5. The van der Waals surface area contributed by atoms with Crippen molar-refractivity contribution in [2.75, 3.05) is 25.5 Å². The second kappa shape index (κ2) is 8.11. The van der Waals surface area contributed by atoms with Gasteiger partial charge in [-0.2, -0.15) is 0 Å². The lowest BCUT2D eigenvalue weighted by molar-refractivity contribution is 0.100. The van der Waals surface area contributed by atoms with E-state index in [-0.39, 0.29) is 5.91 Å². The third-order valence-corrected chi connectivity index (χ3v) is 6.22. The van der Waals surface area contributed by atoms with Crippen molar-refractivity contribution in [3.8, 4) is 5.75 Å². The molecule has 1 amide bonds. The summed E-state index contributed by atoms with van der Waals surface area (Å²) in [4.78, 5) is 20.0. The Morgan fingerprint density at radius 3 is 2.68 bits per heavy atom. The average molecular weight is 419 g/mol. The number of fused-ring (bicyclic) bond motifs is 2. The summed E-state index contributed by atoms with van der Waals surface area (Å²) >= 11 is 0. The van der Waals surface area contributed by atoms with Crippen molar-refractivity contribution < 1.29 is 9.53 Å². The lowest BCUT2D eigenvalue weighted by atomic mass is 9.89. The largest absolute Gasteiger partial charge is 0.497 e. The molecule has 0 aliphatic carbocycles. The molecule has 8 nitrogen and oxygen atoms in total. The quantitative estimate of drug-likeness (QED) is 0.685. The maximum Gasteiger partial charge on any atom is 0.293 e. The molecule has 0 radical (unpaired) electrons. The number of aryl methyl sites for hydroxylation is 1. The summed E-state index contributed by atoms with van der Waals surface area (Å²) < 4.78 is 7.16. The Morgan fingerprint density at radius 2 is 1.90 bits per heavy atom. The SMILES string of the molecule is COc1ccc(NC(=O)c2nnc3n2C[C@@H]2CN(Cc4cccc(C)n4)C[C@@H]2C3)cc1. The maximum atomic E-state index is 12.8. The number of carbonyl (C=O) groups excluding carboxylic acids is 1. The molecule has 1 saturated heterocycles. The van der Waals surface area contributed by atoms with E-state index in [0.717, 1.165) is 55.6 Å². The van der Waals surface area contributed by atoms with Crippen LogP contribution in [0.5, 0.6) is 5.75 Å². The number of carbonyl (C=O) groups is 1. The van der Waals surface area contributed by atoms with Crippen LogP contribution >= 0.6 is 0 Å². The molecule has 2 atom stereocenters. The van der Waals surface area contributed by atoms with Crippen LogP contribution in [0.1, 0.15) is 27.8 Å². The van der Waals surface area contributed by atoms with Gasteiger partial charge in [-0.3, -0.25) is 14.7 Å². The molecular weight excluding hydrogens is 392 g/mol. The summed E-state index contributed by atoms with van der Waals surface area (Å²) in [7, 11) is 1.62. The van der Waals surface area contributed by atoms with E-state index < -0.39 is 0 Å². The van der Waals surface area contributed by atoms with Gasteiger partial charge in [0.05, 0.1) is 12.8 Å². The van der Waals surface area contributed by atoms with Gasteiger partial charge in [-0.1, -0.05) is 6.07 Å². The Hall–Kier alpha value is -3.26. The standard InChI is InChI=1S/C23H26N6O2/c1-15-4-3-5-19(24-15)14-28-11-16-10-21-26-27-22(29(21)13-17(16)12-28)23(30)25-18-6-8-20(31-2)9-7-18/h3-9,16-17H,10-14H2,1-2H3,(H,25,30)/t16-,17-/m0/s1. The van der Waals surface area contributed by atoms with Crippen molar-refractivity contribution in [1.29, 1.82) is 0 Å². The summed E-state index contributed by atoms with van der Waals surface area (Å²) in [5.41, 5.74) is 2.86. The van der Waals surface area contributed by atoms with Crippen LogP contribution in [-0.2, 0) is 19.5 Å². The van der Waals surface area contributed by atoms with Gasteiger partial charge in [0.15, 0.2) is 0 Å². The van der Waals surface area contributed by atoms with Crippen molar-refractivity contribution in [3.05, 3.63) is 65.5 Å². The van der Waals surface area contributed by atoms with Crippen LogP contribution in [0.2, 0.25) is 0 Å². The molecule has 0 unspecified atom stereocenters. The van der Waals surface area contributed by atoms with Crippen LogP contribution in [0, 0.1) is 18.8 Å². The average Bonchev–Trinajstić information content (AvgIpc) is 3.35. The fraction of sp³-hybridized carbons (Fsp3) is 0.391. The summed E-state index contributed by atoms with van der Waals surface area (Å²) in [6.07, 6.45) is 0.852. The number of likely N-dealkylation sites (tertiary alicyclic amines) is 1. The lowest BCUT2D eigenvalue weighted by Crippen LogP contribution is -2.31. The van der Waals surface area contributed by atoms with Crippen LogP contribution in [0.25, 0.3) is 0 Å². The number of amides is 1. The zero-order valence-corrected chi connectivity index (χ0v) is 17.8. The number of benzene rings is 1. The molecular formula is C23H26N6O2. The van der Waals surface area contributed by atoms with Crippen molar-refractivity contribution >= 4 is 11.6 Å². The van der Waals surface area contributed by atoms with Gasteiger partial charge in [-0.25, -0.2) is 0 Å². The first-order valence-corrected chi connectivity index (χ1v) is 10.6. The number of hydrogen-bond acceptors (Lipinski definition) is 6. The molecule has 8 heteroatoms. The van der Waals surface area contributed by atoms with Gasteiger partial charge < -0.3 is 14.6 Å². The predicted octanol–water partition coefficient (Wildman–Crippen LogP) is 2.55. The van der Waals surface area contributed by atoms with E-state index in [0.29, 0.717) is 23.3 Å². The Balaban J connectivity index is 1.26. The Labute approximate surface area is 181 Å². The molecule has 3 aromatic rings. The van der Waals surface area contributed by atoms with Crippen molar-refractivity contribution in [3.63, 3.8) is 0 Å². The van der Waals surface area contributed by atoms with Gasteiger partial charge in [0.25, 0.3) is 5.91 Å². The molecule has 4 heterocycles. The molecule has 2 aliphatic heterocycles. The van der Waals surface area contributed by atoms with Gasteiger partial charge in [0.2, 0.25) is 5.82 Å². The van der Waals surface area contributed by atoms with E-state index in [1.165, 1.54) is 0 Å². The molecule has 5 rings (SSSR count). The molecule has 160 valence electrons. The van der Waals surface area contributed by atoms with Crippen LogP contribution in [0.15, 0.2) is 42.5 Å². The third kappa shape index (κ3) is 4.03. The molecule has 1 N–H and O–H groups in total. The summed E-state index contributed by atoms with van der Waals surface area (Å²) in [5.74, 6) is 2.82. The monoisotopic (exact) mass is 418 g/mol. The summed E-state index contributed by atoms with van der Waals surface area (Å²) in [5, 5.41) is 11.4. The van der Waals surface area contributed by atoms with Crippen molar-refractivity contribution in [2.24, 2.45) is 11.8 Å². The molecule has 1 fully saturated rings. The highest BCUT2D eigenvalue weighted by Gasteiger charge is 2.39. The number of rotatable bonds is 5. The van der Waals surface area contributed by atoms with Crippen molar-refractivity contribution in [1.82, 2.24) is 24.6 Å². The molecule has 2 aliphatic rings. The molecule has 1 aromatic carbocycles. The zero-order valence-electron chi connectivity index (χ0n) is 17.8. The molecule has 0 saturated carbocycles. The smallest absolute Gasteiger partial charge is 0.293 e. The first-order valence-electron chi connectivity index (χ1n) is 10.6. The number of pyridine rings is 1. The second-order valence-corrected chi connectivity index (χ2v) is 8.42. The Kier molecular flexibility index (Phi) is 5.15. The highest BCUT2D eigenvalue weighted by molar-refractivity contribution is 6.01. The van der Waals surface area contributed by atoms with Gasteiger partial charge in [-0.15, -0.1) is 10.2 Å². The van der Waals surface area contributed by atoms with E-state index in [4.69, 9.17) is 4.74 Å². The summed E-state index contributed by atoms with van der Waals surface area (Å²) in [6.45, 7) is 5.69. The number of nitrogens with one attached hydrogen (secondary N) is 1. The number of ether oxygens (including phenoxy) is 1. The minimum atomic E-state index is -0.235. The van der Waals surface area contributed by atoms with E-state index in [9.17, 15) is 4.79 Å². The molecule has 0 bridgehead atoms. The normalized spacial score (nSPS) is 20.2. The van der Waals surface area contributed by atoms with Crippen LogP contribution in [-0.4, -0.2) is 50.8 Å². The van der Waals surface area contributed by atoms with Crippen LogP contribution in [0.4, 0.5) is 5.69 Å². The van der Waals surface area contributed by atoms with Crippen LogP contribution < -0.4 is 10.1 Å². The van der Waals surface area contributed by atoms with E-state index >= 15 is 0 Å². The zero-order chi connectivity index (χ0) is 21.4. The highest BCUT2D eigenvalue weighted by atomic mass is 16.5. The summed E-state index contributed by atoms with van der Waals surface area (Å²) in [6, 6.07) is 13.4. The van der Waals surface area contributed by atoms with Gasteiger partial charge in [0.1, 0.15) is 11.6 Å². The number of hydrogen-bond donors (Lipinski definition) is 1. The predicted molar refractivity (Wildman–Crippen MR) is 116 cm³/mol. The number of aromatic nitrogens is 4. The fourth-order valence-corrected chi connectivity index (χ4v) is 4.70. The Morgan fingerprint density at radius 1 is 1.10 bits per heavy atom. The minimum absolute atomic E-state index is 0.235. The molecule has 0 spiro atoms. The van der Waals surface area contributed by atoms with Gasteiger partial charge in [-0.05, 0) is 55.2 Å². The van der Waals surface area contributed by atoms with Crippen LogP contribution in [0.3, 0.4) is 0 Å². The minimum Gasteiger partial charge on any atom is -0.497 e. The lowest BCUT2D eigenvalue weighted by Gasteiger charge is -2.25. The second-order valence-electron chi connectivity index (χ2n) is 8.42. The Bertz CT molecular complexity index is 1090. The number of anilines is 1. The van der Waals surface area contributed by atoms with E-state index in [2.05, 4.69) is 37.5 Å². The third-order valence-electron chi connectivity index (χ3n) is 6.22. The number of methoxy groups -OCH3 is 1. The van der Waals surface area contributed by atoms with Gasteiger partial charge >= 0.3 is 0 Å². The first-order chi connectivity index (χ1) is 15.1. The van der Waals surface area contributed by atoms with E-state index in [1.807, 2.05) is 41.8 Å². The topological polar surface area (TPSA) is 85.2 Å². The molecule has 31 heavy (non-hydrogen) atoms. The highest BCUT2D eigenvalue weighted by Crippen LogP contribution is 2.33.